The van der Waals surface area contributed by atoms with Crippen LogP contribution in [0.2, 0.25) is 0 Å². The Hall–Kier alpha value is -3.54. The highest BCUT2D eigenvalue weighted by atomic mass is 16.2. The summed E-state index contributed by atoms with van der Waals surface area (Å²) in [7, 11) is 1.96. The van der Waals surface area contributed by atoms with Gasteiger partial charge in [-0.05, 0) is 55.5 Å². The normalized spacial score (nSPS) is 14.3. The molecule has 4 rings (SSSR count). The maximum atomic E-state index is 13.4. The van der Waals surface area contributed by atoms with E-state index in [1.165, 1.54) is 5.56 Å². The minimum Gasteiger partial charge on any atom is -0.350 e. The molecule has 1 N–H and O–H groups in total. The first-order valence-electron chi connectivity index (χ1n) is 11.3. The van der Waals surface area contributed by atoms with Crippen molar-refractivity contribution < 1.29 is 9.59 Å². The minimum atomic E-state index is -0.203. The number of ketones is 1. The standard InChI is InChI=1S/C27H30N4O2/c1-15(2)24-14-31(6)26-21(24)9-19(20-11-28-18(5)29-12-20)10-22(26)27(33)30-13-23-17(4)7-16(3)8-25(23)32/h7,9-12,14-15H,8,13H2,1-6H3,(H,30,33). The van der Waals surface area contributed by atoms with Crippen LogP contribution in [0.3, 0.4) is 0 Å². The van der Waals surface area contributed by atoms with E-state index in [0.717, 1.165) is 33.2 Å². The van der Waals surface area contributed by atoms with Gasteiger partial charge in [0.25, 0.3) is 5.91 Å². The minimum absolute atomic E-state index is 0.0736. The van der Waals surface area contributed by atoms with Crippen LogP contribution in [0.4, 0.5) is 0 Å². The third kappa shape index (κ3) is 4.38. The zero-order chi connectivity index (χ0) is 23.9. The van der Waals surface area contributed by atoms with Crippen molar-refractivity contribution in [2.75, 3.05) is 6.54 Å². The highest BCUT2D eigenvalue weighted by Crippen LogP contribution is 2.34. The number of hydrogen-bond acceptors (Lipinski definition) is 4. The van der Waals surface area contributed by atoms with Gasteiger partial charge in [0, 0.05) is 55.1 Å². The van der Waals surface area contributed by atoms with Gasteiger partial charge >= 0.3 is 0 Å². The second kappa shape index (κ2) is 8.77. The van der Waals surface area contributed by atoms with Crippen LogP contribution in [0.5, 0.6) is 0 Å². The molecule has 0 spiro atoms. The Morgan fingerprint density at radius 3 is 2.45 bits per heavy atom. The van der Waals surface area contributed by atoms with Gasteiger partial charge in [0.15, 0.2) is 5.78 Å². The average Bonchev–Trinajstić information content (AvgIpc) is 3.09. The van der Waals surface area contributed by atoms with Crippen molar-refractivity contribution in [1.82, 2.24) is 19.9 Å². The number of benzene rings is 1. The molecule has 1 aliphatic carbocycles. The largest absolute Gasteiger partial charge is 0.350 e. The van der Waals surface area contributed by atoms with Crippen molar-refractivity contribution in [3.63, 3.8) is 0 Å². The molecule has 2 aromatic heterocycles. The SMILES string of the molecule is CC1=CC(C)=C(CNC(=O)c2cc(-c3cnc(C)nc3)cc3c(C(C)C)cn(C)c23)C(=O)C1. The molecule has 33 heavy (non-hydrogen) atoms. The number of aromatic nitrogens is 3. The molecule has 2 heterocycles. The van der Waals surface area contributed by atoms with Crippen LogP contribution < -0.4 is 5.32 Å². The molecule has 170 valence electrons. The molecule has 0 fully saturated rings. The lowest BCUT2D eigenvalue weighted by Gasteiger charge is -2.17. The molecule has 0 aliphatic heterocycles. The molecule has 0 radical (unpaired) electrons. The maximum absolute atomic E-state index is 13.4. The van der Waals surface area contributed by atoms with Crippen LogP contribution in [0, 0.1) is 6.92 Å². The molecule has 1 amide bonds. The molecule has 3 aromatic rings. The topological polar surface area (TPSA) is 76.9 Å². The lowest BCUT2D eigenvalue weighted by molar-refractivity contribution is -0.115. The third-order valence-electron chi connectivity index (χ3n) is 6.23. The van der Waals surface area contributed by atoms with Crippen LogP contribution in [-0.2, 0) is 11.8 Å². The van der Waals surface area contributed by atoms with E-state index < -0.39 is 0 Å². The van der Waals surface area contributed by atoms with E-state index in [0.29, 0.717) is 29.3 Å². The zero-order valence-electron chi connectivity index (χ0n) is 20.1. The molecule has 1 aromatic carbocycles. The van der Waals surface area contributed by atoms with Gasteiger partial charge in [0.1, 0.15) is 5.82 Å². The van der Waals surface area contributed by atoms with E-state index in [2.05, 4.69) is 41.4 Å². The molecule has 0 atom stereocenters. The number of nitrogens with one attached hydrogen (secondary N) is 1. The predicted octanol–water partition coefficient (Wildman–Crippen LogP) is 5.03. The summed E-state index contributed by atoms with van der Waals surface area (Å²) in [5.41, 5.74) is 7.02. The van der Waals surface area contributed by atoms with Crippen molar-refractivity contribution in [3.05, 3.63) is 70.5 Å². The molecule has 1 aliphatic rings. The van der Waals surface area contributed by atoms with Crippen molar-refractivity contribution in [2.45, 2.75) is 47.0 Å². The maximum Gasteiger partial charge on any atom is 0.253 e. The third-order valence-corrected chi connectivity index (χ3v) is 6.23. The number of fused-ring (bicyclic) bond motifs is 1. The monoisotopic (exact) mass is 442 g/mol. The Labute approximate surface area is 194 Å². The summed E-state index contributed by atoms with van der Waals surface area (Å²) in [6.07, 6.45) is 8.09. The number of rotatable bonds is 5. The number of carbonyl (C=O) groups excluding carboxylic acids is 2. The number of Topliss-reactive ketones (excluding diaryl/α,β-unsaturated/α-hetero) is 1. The van der Waals surface area contributed by atoms with Crippen molar-refractivity contribution in [2.24, 2.45) is 7.05 Å². The Balaban J connectivity index is 1.78. The van der Waals surface area contributed by atoms with Crippen molar-refractivity contribution in [3.8, 4) is 11.1 Å². The Bertz CT molecular complexity index is 1320. The van der Waals surface area contributed by atoms with Gasteiger partial charge in [0.2, 0.25) is 0 Å². The molecule has 0 saturated heterocycles. The highest BCUT2D eigenvalue weighted by molar-refractivity contribution is 6.09. The summed E-state index contributed by atoms with van der Waals surface area (Å²) < 4.78 is 2.01. The van der Waals surface area contributed by atoms with E-state index >= 15 is 0 Å². The van der Waals surface area contributed by atoms with Crippen molar-refractivity contribution in [1.29, 1.82) is 0 Å². The Morgan fingerprint density at radius 1 is 1.12 bits per heavy atom. The summed E-state index contributed by atoms with van der Waals surface area (Å²) in [6, 6.07) is 4.00. The zero-order valence-corrected chi connectivity index (χ0v) is 20.1. The first kappa shape index (κ1) is 22.6. The summed E-state index contributed by atoms with van der Waals surface area (Å²) in [5, 5.41) is 4.04. The fraction of sp³-hybridized carbons (Fsp3) is 0.333. The summed E-state index contributed by atoms with van der Waals surface area (Å²) >= 11 is 0. The van der Waals surface area contributed by atoms with Gasteiger partial charge in [-0.3, -0.25) is 9.59 Å². The number of carbonyl (C=O) groups is 2. The number of aryl methyl sites for hydroxylation is 2. The lowest BCUT2D eigenvalue weighted by atomic mass is 9.92. The summed E-state index contributed by atoms with van der Waals surface area (Å²) in [5.74, 6) is 0.873. The summed E-state index contributed by atoms with van der Waals surface area (Å²) in [6.45, 7) is 10.2. The second-order valence-corrected chi connectivity index (χ2v) is 9.22. The Kier molecular flexibility index (Phi) is 6.02. The van der Waals surface area contributed by atoms with Crippen LogP contribution in [0.15, 0.2) is 53.5 Å². The molecule has 0 bridgehead atoms. The van der Waals surface area contributed by atoms with Gasteiger partial charge in [0.05, 0.1) is 11.1 Å². The van der Waals surface area contributed by atoms with Gasteiger partial charge in [-0.15, -0.1) is 0 Å². The molecule has 6 heteroatoms. The summed E-state index contributed by atoms with van der Waals surface area (Å²) in [4.78, 5) is 34.6. The van der Waals surface area contributed by atoms with Gasteiger partial charge in [-0.25, -0.2) is 9.97 Å². The van der Waals surface area contributed by atoms with Crippen LogP contribution in [-0.4, -0.2) is 32.8 Å². The first-order valence-corrected chi connectivity index (χ1v) is 11.3. The molecule has 0 unspecified atom stereocenters. The molecule has 6 nitrogen and oxygen atoms in total. The first-order chi connectivity index (χ1) is 15.7. The molecular weight excluding hydrogens is 412 g/mol. The van der Waals surface area contributed by atoms with Crippen LogP contribution >= 0.6 is 0 Å². The lowest BCUT2D eigenvalue weighted by Crippen LogP contribution is -2.29. The fourth-order valence-corrected chi connectivity index (χ4v) is 4.51. The Morgan fingerprint density at radius 2 is 1.82 bits per heavy atom. The van der Waals surface area contributed by atoms with Crippen LogP contribution in [0.25, 0.3) is 22.0 Å². The van der Waals surface area contributed by atoms with Gasteiger partial charge in [-0.2, -0.15) is 0 Å². The number of hydrogen-bond donors (Lipinski definition) is 1. The molecule has 0 saturated carbocycles. The fourth-order valence-electron chi connectivity index (χ4n) is 4.51. The number of allylic oxidation sites excluding steroid dienone is 3. The van der Waals surface area contributed by atoms with Gasteiger partial charge < -0.3 is 9.88 Å². The highest BCUT2D eigenvalue weighted by Gasteiger charge is 2.22. The average molecular weight is 443 g/mol. The van der Waals surface area contributed by atoms with E-state index in [1.807, 2.05) is 44.5 Å². The quantitative estimate of drug-likeness (QED) is 0.601. The van der Waals surface area contributed by atoms with E-state index in [4.69, 9.17) is 0 Å². The number of nitrogens with zero attached hydrogens (tertiary/aromatic N) is 3. The van der Waals surface area contributed by atoms with E-state index in [1.54, 1.807) is 12.4 Å². The molecular formula is C27H30N4O2. The smallest absolute Gasteiger partial charge is 0.253 e. The second-order valence-electron chi connectivity index (χ2n) is 9.22. The van der Waals surface area contributed by atoms with Crippen LogP contribution in [0.1, 0.15) is 61.8 Å². The number of amides is 1. The predicted molar refractivity (Wildman–Crippen MR) is 131 cm³/mol. The van der Waals surface area contributed by atoms with E-state index in [9.17, 15) is 9.59 Å². The van der Waals surface area contributed by atoms with E-state index in [-0.39, 0.29) is 18.2 Å². The van der Waals surface area contributed by atoms with Gasteiger partial charge in [-0.1, -0.05) is 25.5 Å². The van der Waals surface area contributed by atoms with Crippen molar-refractivity contribution >= 4 is 22.6 Å².